The second-order valence-electron chi connectivity index (χ2n) is 6.93. The zero-order chi connectivity index (χ0) is 18.6. The number of aliphatic hydroxyl groups excluding tert-OH is 1. The summed E-state index contributed by atoms with van der Waals surface area (Å²) in [6.45, 7) is 7.31. The Kier molecular flexibility index (Phi) is 6.37. The van der Waals surface area contributed by atoms with Gasteiger partial charge in [0, 0.05) is 26.2 Å². The van der Waals surface area contributed by atoms with Crippen molar-refractivity contribution in [1.29, 1.82) is 0 Å². The number of amides is 2. The van der Waals surface area contributed by atoms with E-state index in [9.17, 15) is 14.7 Å². The molecule has 1 saturated heterocycles. The number of rotatable bonds is 4. The summed E-state index contributed by atoms with van der Waals surface area (Å²) >= 11 is 0. The average molecular weight is 344 g/mol. The van der Waals surface area contributed by atoms with Crippen LogP contribution in [0.25, 0.3) is 6.08 Å². The number of hydrogen-bond acceptors (Lipinski definition) is 3. The van der Waals surface area contributed by atoms with Gasteiger partial charge >= 0.3 is 0 Å². The Bertz CT molecular complexity index is 674. The lowest BCUT2D eigenvalue weighted by atomic mass is 10.0. The number of nitrogens with zero attached hydrogens (tertiary/aromatic N) is 2. The molecule has 0 bridgehead atoms. The summed E-state index contributed by atoms with van der Waals surface area (Å²) in [6, 6.07) is 4.18. The first-order valence-electron chi connectivity index (χ1n) is 8.74. The fourth-order valence-electron chi connectivity index (χ4n) is 2.95. The number of carbonyl (C=O) groups is 2. The number of likely N-dealkylation sites (N-methyl/N-ethyl adjacent to an activating group) is 1. The number of hydrogen-bond donors (Lipinski definition) is 1. The van der Waals surface area contributed by atoms with Crippen LogP contribution in [-0.4, -0.2) is 59.5 Å². The summed E-state index contributed by atoms with van der Waals surface area (Å²) < 4.78 is 0. The maximum absolute atomic E-state index is 12.3. The largest absolute Gasteiger partial charge is 0.393 e. The van der Waals surface area contributed by atoms with Crippen LogP contribution in [0.2, 0.25) is 0 Å². The molecule has 1 aromatic rings. The third kappa shape index (κ3) is 5.16. The third-order valence-electron chi connectivity index (χ3n) is 4.85. The first-order chi connectivity index (χ1) is 11.8. The van der Waals surface area contributed by atoms with E-state index >= 15 is 0 Å². The number of benzene rings is 1. The zero-order valence-electron chi connectivity index (χ0n) is 15.6. The number of aryl methyl sites for hydroxylation is 3. The van der Waals surface area contributed by atoms with Crippen LogP contribution in [0.3, 0.4) is 0 Å². The van der Waals surface area contributed by atoms with Gasteiger partial charge in [-0.2, -0.15) is 0 Å². The molecule has 0 atom stereocenters. The monoisotopic (exact) mass is 344 g/mol. The van der Waals surface area contributed by atoms with E-state index in [-0.39, 0.29) is 24.5 Å². The molecule has 1 aromatic carbocycles. The van der Waals surface area contributed by atoms with E-state index in [1.54, 1.807) is 11.9 Å². The topological polar surface area (TPSA) is 60.9 Å². The van der Waals surface area contributed by atoms with E-state index in [2.05, 4.69) is 19.1 Å². The normalized spacial score (nSPS) is 15.6. The van der Waals surface area contributed by atoms with E-state index in [0.29, 0.717) is 25.9 Å². The van der Waals surface area contributed by atoms with Crippen molar-refractivity contribution < 1.29 is 14.7 Å². The van der Waals surface area contributed by atoms with Gasteiger partial charge in [0.15, 0.2) is 0 Å². The van der Waals surface area contributed by atoms with Gasteiger partial charge in [-0.05, 0) is 61.9 Å². The van der Waals surface area contributed by atoms with Gasteiger partial charge in [0.1, 0.15) is 0 Å². The van der Waals surface area contributed by atoms with Crippen LogP contribution in [-0.2, 0) is 9.59 Å². The van der Waals surface area contributed by atoms with Crippen LogP contribution in [0.4, 0.5) is 0 Å². The molecule has 0 radical (unpaired) electrons. The summed E-state index contributed by atoms with van der Waals surface area (Å²) in [6.07, 6.45) is 4.23. The van der Waals surface area contributed by atoms with Crippen LogP contribution >= 0.6 is 0 Å². The SMILES string of the molecule is Cc1cc(C)c(/C=C/C(=O)N(C)CC(=O)N2CCC(O)CC2)cc1C. The van der Waals surface area contributed by atoms with Crippen LogP contribution in [0.1, 0.15) is 35.1 Å². The second kappa shape index (κ2) is 8.30. The van der Waals surface area contributed by atoms with Crippen LogP contribution < -0.4 is 0 Å². The Morgan fingerprint density at radius 2 is 1.76 bits per heavy atom. The lowest BCUT2D eigenvalue weighted by Gasteiger charge is -2.30. The van der Waals surface area contributed by atoms with Gasteiger partial charge in [-0.1, -0.05) is 12.1 Å². The Balaban J connectivity index is 1.94. The molecular weight excluding hydrogens is 316 g/mol. The fraction of sp³-hybridized carbons (Fsp3) is 0.500. The highest BCUT2D eigenvalue weighted by molar-refractivity contribution is 5.94. The highest BCUT2D eigenvalue weighted by atomic mass is 16.3. The molecule has 1 aliphatic heterocycles. The van der Waals surface area contributed by atoms with Gasteiger partial charge < -0.3 is 14.9 Å². The minimum Gasteiger partial charge on any atom is -0.393 e. The van der Waals surface area contributed by atoms with E-state index in [0.717, 1.165) is 11.1 Å². The smallest absolute Gasteiger partial charge is 0.246 e. The van der Waals surface area contributed by atoms with E-state index < -0.39 is 0 Å². The number of likely N-dealkylation sites (tertiary alicyclic amines) is 1. The van der Waals surface area contributed by atoms with Gasteiger partial charge in [-0.15, -0.1) is 0 Å². The second-order valence-corrected chi connectivity index (χ2v) is 6.93. The summed E-state index contributed by atoms with van der Waals surface area (Å²) in [4.78, 5) is 27.7. The van der Waals surface area contributed by atoms with Crippen molar-refractivity contribution >= 4 is 17.9 Å². The predicted octanol–water partition coefficient (Wildman–Crippen LogP) is 2.07. The first kappa shape index (κ1) is 19.2. The molecule has 0 unspecified atom stereocenters. The van der Waals surface area contributed by atoms with Crippen LogP contribution in [0.15, 0.2) is 18.2 Å². The van der Waals surface area contributed by atoms with Gasteiger partial charge in [-0.3, -0.25) is 9.59 Å². The molecule has 1 fully saturated rings. The van der Waals surface area contributed by atoms with Crippen molar-refractivity contribution in [3.05, 3.63) is 40.5 Å². The van der Waals surface area contributed by atoms with Crippen molar-refractivity contribution in [2.75, 3.05) is 26.7 Å². The Morgan fingerprint density at radius 1 is 1.16 bits per heavy atom. The summed E-state index contributed by atoms with van der Waals surface area (Å²) in [7, 11) is 1.64. The summed E-state index contributed by atoms with van der Waals surface area (Å²) in [5, 5.41) is 9.50. The van der Waals surface area contributed by atoms with Crippen molar-refractivity contribution in [3.8, 4) is 0 Å². The van der Waals surface area contributed by atoms with E-state index in [1.807, 2.05) is 19.9 Å². The number of piperidine rings is 1. The quantitative estimate of drug-likeness (QED) is 0.851. The molecule has 5 nitrogen and oxygen atoms in total. The molecule has 0 aromatic heterocycles. The van der Waals surface area contributed by atoms with Crippen molar-refractivity contribution in [2.45, 2.75) is 39.7 Å². The average Bonchev–Trinajstić information content (AvgIpc) is 2.57. The first-order valence-corrected chi connectivity index (χ1v) is 8.74. The molecule has 1 heterocycles. The van der Waals surface area contributed by atoms with E-state index in [1.165, 1.54) is 22.1 Å². The summed E-state index contributed by atoms with van der Waals surface area (Å²) in [5.41, 5.74) is 4.56. The maximum atomic E-state index is 12.3. The van der Waals surface area contributed by atoms with Crippen LogP contribution in [0, 0.1) is 20.8 Å². The molecule has 0 aliphatic carbocycles. The molecule has 0 spiro atoms. The lowest BCUT2D eigenvalue weighted by Crippen LogP contribution is -2.45. The van der Waals surface area contributed by atoms with E-state index in [4.69, 9.17) is 0 Å². The summed E-state index contributed by atoms with van der Waals surface area (Å²) in [5.74, 6) is -0.262. The lowest BCUT2D eigenvalue weighted by molar-refractivity contribution is -0.138. The number of aliphatic hydroxyl groups is 1. The Labute approximate surface area is 149 Å². The van der Waals surface area contributed by atoms with Crippen molar-refractivity contribution in [2.24, 2.45) is 0 Å². The van der Waals surface area contributed by atoms with Gasteiger partial charge in [-0.25, -0.2) is 0 Å². The molecule has 1 aliphatic rings. The molecule has 5 heteroatoms. The van der Waals surface area contributed by atoms with Crippen molar-refractivity contribution in [3.63, 3.8) is 0 Å². The molecular formula is C20H28N2O3. The Hall–Kier alpha value is -2.14. The molecule has 2 amide bonds. The maximum Gasteiger partial charge on any atom is 0.246 e. The highest BCUT2D eigenvalue weighted by Gasteiger charge is 2.22. The fourth-order valence-corrected chi connectivity index (χ4v) is 2.95. The number of carbonyl (C=O) groups excluding carboxylic acids is 2. The molecule has 2 rings (SSSR count). The molecule has 0 saturated carbocycles. The van der Waals surface area contributed by atoms with Gasteiger partial charge in [0.2, 0.25) is 11.8 Å². The molecule has 25 heavy (non-hydrogen) atoms. The molecule has 136 valence electrons. The minimum atomic E-state index is -0.312. The zero-order valence-corrected chi connectivity index (χ0v) is 15.6. The third-order valence-corrected chi connectivity index (χ3v) is 4.85. The molecule has 1 N–H and O–H groups in total. The van der Waals surface area contributed by atoms with Gasteiger partial charge in [0.05, 0.1) is 12.6 Å². The van der Waals surface area contributed by atoms with Crippen LogP contribution in [0.5, 0.6) is 0 Å². The standard InChI is InChI=1S/C20H28N2O3/c1-14-11-16(3)17(12-15(14)2)5-6-19(24)21(4)13-20(25)22-9-7-18(23)8-10-22/h5-6,11-12,18,23H,7-10,13H2,1-4H3/b6-5+. The predicted molar refractivity (Wildman–Crippen MR) is 99.1 cm³/mol. The van der Waals surface area contributed by atoms with Crippen molar-refractivity contribution in [1.82, 2.24) is 9.80 Å². The highest BCUT2D eigenvalue weighted by Crippen LogP contribution is 2.17. The minimum absolute atomic E-state index is 0.0607. The van der Waals surface area contributed by atoms with Gasteiger partial charge in [0.25, 0.3) is 0 Å². The Morgan fingerprint density at radius 3 is 2.40 bits per heavy atom.